The number of nitrogens with zero attached hydrogens (tertiary/aromatic N) is 1. The molecule has 0 unspecified atom stereocenters. The van der Waals surface area contributed by atoms with Crippen LogP contribution in [0.1, 0.15) is 35.1 Å². The van der Waals surface area contributed by atoms with Gasteiger partial charge >= 0.3 is 5.69 Å². The van der Waals surface area contributed by atoms with Crippen molar-refractivity contribution in [1.29, 1.82) is 0 Å². The van der Waals surface area contributed by atoms with Crippen LogP contribution in [0.25, 0.3) is 0 Å². The van der Waals surface area contributed by atoms with Gasteiger partial charge < -0.3 is 14.8 Å². The summed E-state index contributed by atoms with van der Waals surface area (Å²) < 4.78 is 10.7. The van der Waals surface area contributed by atoms with Gasteiger partial charge in [-0.2, -0.15) is 0 Å². The highest BCUT2D eigenvalue weighted by molar-refractivity contribution is 5.70. The molecule has 4 rings (SSSR count). The quantitative estimate of drug-likeness (QED) is 0.480. The minimum atomic E-state index is -0.395. The van der Waals surface area contributed by atoms with Gasteiger partial charge in [0.1, 0.15) is 5.75 Å². The molecule has 6 heteroatoms. The maximum Gasteiger partial charge on any atom is 0.311 e. The Balaban J connectivity index is 1.83. The number of nitro groups is 1. The second kappa shape index (κ2) is 6.61. The third-order valence-corrected chi connectivity index (χ3v) is 5.68. The number of rotatable bonds is 4. The summed E-state index contributed by atoms with van der Waals surface area (Å²) in [5, 5.41) is 15.1. The number of hydrogen-bond acceptors (Lipinski definition) is 5. The normalized spacial score (nSPS) is 22.6. The maximum atomic E-state index is 11.5. The molecule has 1 N–H and O–H groups in total. The molecule has 0 bridgehead atoms. The molecule has 1 aliphatic carbocycles. The molecule has 0 amide bonds. The lowest BCUT2D eigenvalue weighted by Gasteiger charge is -2.39. The molecule has 27 heavy (non-hydrogen) atoms. The molecule has 140 valence electrons. The number of allylic oxidation sites excluding steroid dienone is 2. The molecule has 1 heterocycles. The van der Waals surface area contributed by atoms with E-state index in [0.29, 0.717) is 5.92 Å². The van der Waals surface area contributed by atoms with Crippen molar-refractivity contribution in [1.82, 2.24) is 0 Å². The lowest BCUT2D eigenvalue weighted by Crippen LogP contribution is -2.30. The lowest BCUT2D eigenvalue weighted by atomic mass is 9.75. The summed E-state index contributed by atoms with van der Waals surface area (Å²) in [5.74, 6) is 1.63. The van der Waals surface area contributed by atoms with E-state index in [0.717, 1.165) is 23.4 Å². The number of fused-ring (bicyclic) bond motifs is 3. The van der Waals surface area contributed by atoms with Crippen molar-refractivity contribution in [2.45, 2.75) is 25.3 Å². The molecule has 6 nitrogen and oxygen atoms in total. The van der Waals surface area contributed by atoms with Gasteiger partial charge in [0, 0.05) is 12.0 Å². The number of hydrogen-bond donors (Lipinski definition) is 1. The van der Waals surface area contributed by atoms with Crippen LogP contribution in [0.4, 0.5) is 11.4 Å². The molecule has 2 aliphatic rings. The van der Waals surface area contributed by atoms with E-state index < -0.39 is 4.92 Å². The first-order chi connectivity index (χ1) is 13.0. The van der Waals surface area contributed by atoms with Crippen LogP contribution in [0.5, 0.6) is 11.5 Å². The fraction of sp³-hybridized carbons (Fsp3) is 0.333. The summed E-state index contributed by atoms with van der Waals surface area (Å²) in [6.45, 7) is 2.11. The van der Waals surface area contributed by atoms with Crippen LogP contribution in [0.2, 0.25) is 0 Å². The highest BCUT2D eigenvalue weighted by Crippen LogP contribution is 2.53. The number of benzene rings is 2. The van der Waals surface area contributed by atoms with Crippen molar-refractivity contribution in [3.63, 3.8) is 0 Å². The van der Waals surface area contributed by atoms with Gasteiger partial charge in [-0.3, -0.25) is 10.1 Å². The van der Waals surface area contributed by atoms with E-state index >= 15 is 0 Å². The Morgan fingerprint density at radius 3 is 2.59 bits per heavy atom. The van der Waals surface area contributed by atoms with Crippen LogP contribution >= 0.6 is 0 Å². The van der Waals surface area contributed by atoms with Gasteiger partial charge in [0.15, 0.2) is 5.75 Å². The summed E-state index contributed by atoms with van der Waals surface area (Å²) in [5.41, 5.74) is 4.33. The van der Waals surface area contributed by atoms with Crippen LogP contribution in [0.3, 0.4) is 0 Å². The van der Waals surface area contributed by atoms with Crippen LogP contribution in [0.15, 0.2) is 42.5 Å². The number of nitrogens with one attached hydrogen (secondary N) is 1. The Hall–Kier alpha value is -3.02. The predicted molar refractivity (Wildman–Crippen MR) is 104 cm³/mol. The first kappa shape index (κ1) is 17.4. The lowest BCUT2D eigenvalue weighted by molar-refractivity contribution is -0.385. The van der Waals surface area contributed by atoms with E-state index in [1.54, 1.807) is 19.2 Å². The van der Waals surface area contributed by atoms with Gasteiger partial charge in [0.25, 0.3) is 0 Å². The standard InChI is InChI=1S/C21H22N2O4/c1-12-7-9-18(27-3)21-19(12)14-5-4-6-15(14)20(22-21)13-8-10-17(26-2)16(11-13)23(24)25/h4-5,7-11,14-15,20,22H,6H2,1-3H3/t14-,15-,20-/m0/s1. The summed E-state index contributed by atoms with van der Waals surface area (Å²) in [4.78, 5) is 11.1. The number of anilines is 1. The third-order valence-electron chi connectivity index (χ3n) is 5.68. The first-order valence-electron chi connectivity index (χ1n) is 8.98. The Morgan fingerprint density at radius 2 is 1.89 bits per heavy atom. The Bertz CT molecular complexity index is 938. The predicted octanol–water partition coefficient (Wildman–Crippen LogP) is 4.75. The zero-order valence-electron chi connectivity index (χ0n) is 15.6. The van der Waals surface area contributed by atoms with Crippen LogP contribution in [0, 0.1) is 23.0 Å². The topological polar surface area (TPSA) is 73.6 Å². The average Bonchev–Trinajstić information content (AvgIpc) is 3.16. The average molecular weight is 366 g/mol. The highest BCUT2D eigenvalue weighted by Gasteiger charge is 2.40. The van der Waals surface area contributed by atoms with Gasteiger partial charge in [-0.05, 0) is 48.1 Å². The fourth-order valence-electron chi connectivity index (χ4n) is 4.41. The molecule has 2 aromatic carbocycles. The van der Waals surface area contributed by atoms with Gasteiger partial charge in [-0.1, -0.05) is 24.3 Å². The van der Waals surface area contributed by atoms with Crippen molar-refractivity contribution in [3.05, 3.63) is 69.3 Å². The number of nitro benzene ring substituents is 1. The van der Waals surface area contributed by atoms with Crippen LogP contribution in [-0.4, -0.2) is 19.1 Å². The minimum Gasteiger partial charge on any atom is -0.495 e. The second-order valence-corrected chi connectivity index (χ2v) is 7.04. The highest BCUT2D eigenvalue weighted by atomic mass is 16.6. The number of methoxy groups -OCH3 is 2. The Morgan fingerprint density at radius 1 is 1.15 bits per heavy atom. The maximum absolute atomic E-state index is 11.5. The SMILES string of the molecule is COc1ccc([C@@H]2Nc3c(OC)ccc(C)c3[C@H]3C=CC[C@@H]32)cc1[N+](=O)[O-]. The smallest absolute Gasteiger partial charge is 0.311 e. The zero-order chi connectivity index (χ0) is 19.1. The first-order valence-corrected chi connectivity index (χ1v) is 8.98. The van der Waals surface area contributed by atoms with Crippen LogP contribution < -0.4 is 14.8 Å². The molecule has 1 aliphatic heterocycles. The van der Waals surface area contributed by atoms with Gasteiger partial charge in [0.2, 0.25) is 0 Å². The molecule has 2 aromatic rings. The molecule has 0 aromatic heterocycles. The molecule has 0 saturated carbocycles. The fourth-order valence-corrected chi connectivity index (χ4v) is 4.41. The van der Waals surface area contributed by atoms with Gasteiger partial charge in [0.05, 0.1) is 30.9 Å². The summed E-state index contributed by atoms with van der Waals surface area (Å²) in [6.07, 6.45) is 5.38. The van der Waals surface area contributed by atoms with E-state index in [1.165, 1.54) is 18.2 Å². The molecule has 0 spiro atoms. The van der Waals surface area contributed by atoms with E-state index in [9.17, 15) is 10.1 Å². The van der Waals surface area contributed by atoms with Gasteiger partial charge in [-0.25, -0.2) is 0 Å². The molecule has 0 radical (unpaired) electrons. The monoisotopic (exact) mass is 366 g/mol. The van der Waals surface area contributed by atoms with E-state index in [2.05, 4.69) is 30.5 Å². The largest absolute Gasteiger partial charge is 0.495 e. The summed E-state index contributed by atoms with van der Waals surface area (Å²) >= 11 is 0. The third kappa shape index (κ3) is 2.72. The van der Waals surface area contributed by atoms with E-state index in [1.807, 2.05) is 12.1 Å². The van der Waals surface area contributed by atoms with E-state index in [-0.39, 0.29) is 23.4 Å². The van der Waals surface area contributed by atoms with Crippen molar-refractivity contribution in [2.24, 2.45) is 5.92 Å². The van der Waals surface area contributed by atoms with Crippen LogP contribution in [-0.2, 0) is 0 Å². The van der Waals surface area contributed by atoms with Crippen molar-refractivity contribution in [3.8, 4) is 11.5 Å². The molecule has 3 atom stereocenters. The van der Waals surface area contributed by atoms with Crippen molar-refractivity contribution >= 4 is 11.4 Å². The van der Waals surface area contributed by atoms with Crippen molar-refractivity contribution in [2.75, 3.05) is 19.5 Å². The Labute approximate surface area is 158 Å². The summed E-state index contributed by atoms with van der Waals surface area (Å²) in [6, 6.07) is 9.22. The summed E-state index contributed by atoms with van der Waals surface area (Å²) in [7, 11) is 3.11. The molecule has 0 fully saturated rings. The van der Waals surface area contributed by atoms with E-state index in [4.69, 9.17) is 9.47 Å². The molecular formula is C21H22N2O4. The minimum absolute atomic E-state index is 0.0127. The second-order valence-electron chi connectivity index (χ2n) is 7.04. The zero-order valence-corrected chi connectivity index (χ0v) is 15.6. The molecule has 0 saturated heterocycles. The van der Waals surface area contributed by atoms with Gasteiger partial charge in [-0.15, -0.1) is 0 Å². The van der Waals surface area contributed by atoms with Crippen molar-refractivity contribution < 1.29 is 14.4 Å². The molecular weight excluding hydrogens is 344 g/mol. The Kier molecular flexibility index (Phi) is 4.26. The number of aryl methyl sites for hydroxylation is 1. The number of ether oxygens (including phenoxy) is 2.